The first-order chi connectivity index (χ1) is 11.0. The molecule has 23 heavy (non-hydrogen) atoms. The molecule has 2 aliphatic rings. The molecule has 1 atom stereocenters. The maximum atomic E-state index is 14.4. The second kappa shape index (κ2) is 4.88. The Bertz CT molecular complexity index is 794. The van der Waals surface area contributed by atoms with Crippen LogP contribution in [0, 0.1) is 0 Å². The largest absolute Gasteiger partial charge is 0.492 e. The van der Waals surface area contributed by atoms with Gasteiger partial charge in [0.05, 0.1) is 18.5 Å². The lowest BCUT2D eigenvalue weighted by atomic mass is 9.90. The van der Waals surface area contributed by atoms with Gasteiger partial charge in [0.25, 0.3) is 0 Å². The van der Waals surface area contributed by atoms with Gasteiger partial charge in [-0.2, -0.15) is 10.2 Å². The summed E-state index contributed by atoms with van der Waals surface area (Å²) in [4.78, 5) is 0. The number of nitrogens with zero attached hydrogens (tertiary/aromatic N) is 4. The highest BCUT2D eigenvalue weighted by molar-refractivity contribution is 5.72. The topological polar surface area (TPSA) is 52.8 Å². The van der Waals surface area contributed by atoms with Gasteiger partial charge in [0.15, 0.2) is 5.67 Å². The Labute approximate surface area is 134 Å². The molecule has 6 heteroatoms. The number of ether oxygens (including phenoxy) is 1. The molecule has 2 aromatic rings. The fraction of sp³-hybridized carbons (Fsp3) is 0.471. The van der Waals surface area contributed by atoms with E-state index in [0.29, 0.717) is 43.1 Å². The maximum Gasteiger partial charge on any atom is 0.154 e. The van der Waals surface area contributed by atoms with Crippen molar-refractivity contribution < 1.29 is 9.13 Å². The van der Waals surface area contributed by atoms with Crippen molar-refractivity contribution in [1.29, 1.82) is 0 Å². The minimum absolute atomic E-state index is 0.183. The van der Waals surface area contributed by atoms with Crippen LogP contribution in [0.3, 0.4) is 0 Å². The first kappa shape index (κ1) is 14.4. The molecule has 3 heterocycles. The summed E-state index contributed by atoms with van der Waals surface area (Å²) in [5.74, 6) is 0.712. The quantitative estimate of drug-likeness (QED) is 0.811. The fourth-order valence-corrected chi connectivity index (χ4v) is 3.26. The van der Waals surface area contributed by atoms with E-state index in [1.54, 1.807) is 6.20 Å². The lowest BCUT2D eigenvalue weighted by molar-refractivity contribution is 0.296. The number of halogens is 1. The number of rotatable bonds is 4. The average molecular weight is 314 g/mol. The van der Waals surface area contributed by atoms with Crippen LogP contribution in [-0.4, -0.2) is 26.6 Å². The van der Waals surface area contributed by atoms with Crippen LogP contribution in [0.2, 0.25) is 0 Å². The molecule has 120 valence electrons. The van der Waals surface area contributed by atoms with Gasteiger partial charge >= 0.3 is 0 Å². The number of hydrogen-bond donors (Lipinski definition) is 0. The molecule has 0 bridgehead atoms. The van der Waals surface area contributed by atoms with Crippen LogP contribution in [0.25, 0.3) is 17.0 Å². The molecule has 1 saturated carbocycles. The first-order valence-electron chi connectivity index (χ1n) is 7.99. The molecule has 1 aliphatic carbocycles. The van der Waals surface area contributed by atoms with E-state index in [9.17, 15) is 4.39 Å². The summed E-state index contributed by atoms with van der Waals surface area (Å²) in [5, 5.41) is 12.8. The zero-order valence-electron chi connectivity index (χ0n) is 13.3. The summed E-state index contributed by atoms with van der Waals surface area (Å²) in [6.45, 7) is 9.20. The average Bonchev–Trinajstić information content (AvgIpc) is 3.13. The van der Waals surface area contributed by atoms with E-state index in [2.05, 4.69) is 28.8 Å². The SMILES string of the molecule is C=C(OCC)c1nncc2c1C(C)Cn1nc(C3(F)CC3)cc1-2. The standard InChI is InChI=1S/C17H19FN4O/c1-4-23-11(3)16-15-10(2)9-22-13(12(15)8-19-20-16)7-14(21-22)17(18)5-6-17/h7-8,10H,3-6,9H2,1-2H3. The molecule has 5 nitrogen and oxygen atoms in total. The predicted molar refractivity (Wildman–Crippen MR) is 84.3 cm³/mol. The fourth-order valence-electron chi connectivity index (χ4n) is 3.26. The minimum atomic E-state index is -1.23. The van der Waals surface area contributed by atoms with Crippen molar-refractivity contribution in [2.45, 2.75) is 44.8 Å². The van der Waals surface area contributed by atoms with Gasteiger partial charge in [-0.1, -0.05) is 13.5 Å². The van der Waals surface area contributed by atoms with Gasteiger partial charge in [0, 0.05) is 18.0 Å². The van der Waals surface area contributed by atoms with E-state index in [0.717, 1.165) is 16.8 Å². The highest BCUT2D eigenvalue weighted by Gasteiger charge is 2.48. The van der Waals surface area contributed by atoms with Gasteiger partial charge < -0.3 is 4.74 Å². The van der Waals surface area contributed by atoms with E-state index < -0.39 is 5.67 Å². The van der Waals surface area contributed by atoms with Crippen LogP contribution in [-0.2, 0) is 17.0 Å². The van der Waals surface area contributed by atoms with Crippen molar-refractivity contribution in [2.75, 3.05) is 6.61 Å². The Balaban J connectivity index is 1.85. The van der Waals surface area contributed by atoms with Gasteiger partial charge in [-0.05, 0) is 31.4 Å². The molecule has 1 unspecified atom stereocenters. The van der Waals surface area contributed by atoms with Crippen molar-refractivity contribution in [3.8, 4) is 11.3 Å². The molecule has 1 fully saturated rings. The van der Waals surface area contributed by atoms with E-state index >= 15 is 0 Å². The summed E-state index contributed by atoms with van der Waals surface area (Å²) in [7, 11) is 0. The van der Waals surface area contributed by atoms with Crippen LogP contribution in [0.15, 0.2) is 18.8 Å². The van der Waals surface area contributed by atoms with Gasteiger partial charge in [0.1, 0.15) is 17.1 Å². The highest BCUT2D eigenvalue weighted by Crippen LogP contribution is 2.50. The summed E-state index contributed by atoms with van der Waals surface area (Å²) < 4.78 is 21.8. The molecule has 0 amide bonds. The van der Waals surface area contributed by atoms with Crippen molar-refractivity contribution >= 4 is 5.76 Å². The second-order valence-corrected chi connectivity index (χ2v) is 6.34. The summed E-state index contributed by atoms with van der Waals surface area (Å²) in [6, 6.07) is 1.85. The molecule has 0 spiro atoms. The molecular formula is C17H19FN4O. The van der Waals surface area contributed by atoms with Crippen LogP contribution < -0.4 is 0 Å². The Kier molecular flexibility index (Phi) is 3.04. The predicted octanol–water partition coefficient (Wildman–Crippen LogP) is 3.42. The Morgan fingerprint density at radius 1 is 1.52 bits per heavy atom. The zero-order chi connectivity index (χ0) is 16.2. The van der Waals surface area contributed by atoms with E-state index in [1.165, 1.54) is 0 Å². The van der Waals surface area contributed by atoms with Crippen LogP contribution in [0.4, 0.5) is 4.39 Å². The maximum absolute atomic E-state index is 14.4. The summed E-state index contributed by atoms with van der Waals surface area (Å²) in [6.07, 6.45) is 2.85. The van der Waals surface area contributed by atoms with Gasteiger partial charge in [0.2, 0.25) is 0 Å². The third-order valence-corrected chi connectivity index (χ3v) is 4.62. The van der Waals surface area contributed by atoms with Crippen LogP contribution >= 0.6 is 0 Å². The number of alkyl halides is 1. The van der Waals surface area contributed by atoms with E-state index in [1.807, 2.05) is 17.7 Å². The third-order valence-electron chi connectivity index (χ3n) is 4.62. The monoisotopic (exact) mass is 314 g/mol. The van der Waals surface area contributed by atoms with Gasteiger partial charge in [-0.15, -0.1) is 5.10 Å². The van der Waals surface area contributed by atoms with Gasteiger partial charge in [-0.3, -0.25) is 4.68 Å². The molecular weight excluding hydrogens is 295 g/mol. The summed E-state index contributed by atoms with van der Waals surface area (Å²) >= 11 is 0. The molecule has 0 aromatic carbocycles. The second-order valence-electron chi connectivity index (χ2n) is 6.34. The Morgan fingerprint density at radius 2 is 2.30 bits per heavy atom. The van der Waals surface area contributed by atoms with Crippen molar-refractivity contribution in [1.82, 2.24) is 20.0 Å². The molecule has 0 radical (unpaired) electrons. The first-order valence-corrected chi connectivity index (χ1v) is 7.99. The molecule has 1 aliphatic heterocycles. The van der Waals surface area contributed by atoms with E-state index in [-0.39, 0.29) is 5.92 Å². The number of hydrogen-bond acceptors (Lipinski definition) is 4. The molecule has 2 aromatic heterocycles. The number of fused-ring (bicyclic) bond motifs is 3. The highest BCUT2D eigenvalue weighted by atomic mass is 19.1. The lowest BCUT2D eigenvalue weighted by Crippen LogP contribution is -2.19. The van der Waals surface area contributed by atoms with Crippen LogP contribution in [0.5, 0.6) is 0 Å². The van der Waals surface area contributed by atoms with Crippen molar-refractivity contribution in [3.63, 3.8) is 0 Å². The van der Waals surface area contributed by atoms with Crippen molar-refractivity contribution in [3.05, 3.63) is 35.8 Å². The normalized spacial score (nSPS) is 20.6. The van der Waals surface area contributed by atoms with E-state index in [4.69, 9.17) is 4.74 Å². The minimum Gasteiger partial charge on any atom is -0.492 e. The third kappa shape index (κ3) is 2.16. The summed E-state index contributed by atoms with van der Waals surface area (Å²) in [5.41, 5.74) is 2.89. The van der Waals surface area contributed by atoms with Crippen molar-refractivity contribution in [2.24, 2.45) is 0 Å². The molecule has 0 saturated heterocycles. The molecule has 0 N–H and O–H groups in total. The Morgan fingerprint density at radius 3 is 3.00 bits per heavy atom. The Hall–Kier alpha value is -2.24. The van der Waals surface area contributed by atoms with Crippen LogP contribution in [0.1, 0.15) is 49.6 Å². The number of aromatic nitrogens is 4. The smallest absolute Gasteiger partial charge is 0.154 e. The zero-order valence-corrected chi connectivity index (χ0v) is 13.3. The van der Waals surface area contributed by atoms with Gasteiger partial charge in [-0.25, -0.2) is 4.39 Å². The molecule has 4 rings (SSSR count). The lowest BCUT2D eigenvalue weighted by Gasteiger charge is -2.25.